The Labute approximate surface area is 139 Å². The van der Waals surface area contributed by atoms with Gasteiger partial charge in [-0.05, 0) is 24.8 Å². The van der Waals surface area contributed by atoms with Gasteiger partial charge in [-0.15, -0.1) is 0 Å². The SMILES string of the molecule is C[C@@H]1CCCC[C@@H]1OCCOC(=O)c1cc(F)cc([N+](=O)[O-])c1N. The van der Waals surface area contributed by atoms with E-state index in [0.29, 0.717) is 12.0 Å². The van der Waals surface area contributed by atoms with E-state index in [1.54, 1.807) is 0 Å². The van der Waals surface area contributed by atoms with E-state index in [1.165, 1.54) is 6.42 Å². The molecule has 132 valence electrons. The van der Waals surface area contributed by atoms with Crippen molar-refractivity contribution in [3.05, 3.63) is 33.6 Å². The molecule has 0 radical (unpaired) electrons. The number of esters is 1. The molecule has 2 rings (SSSR count). The fourth-order valence-corrected chi connectivity index (χ4v) is 2.87. The first-order valence-corrected chi connectivity index (χ1v) is 7.92. The monoisotopic (exact) mass is 340 g/mol. The summed E-state index contributed by atoms with van der Waals surface area (Å²) in [5.74, 6) is -1.36. The van der Waals surface area contributed by atoms with E-state index in [4.69, 9.17) is 15.2 Å². The van der Waals surface area contributed by atoms with Crippen molar-refractivity contribution in [2.45, 2.75) is 38.7 Å². The van der Waals surface area contributed by atoms with Crippen LogP contribution in [0.25, 0.3) is 0 Å². The summed E-state index contributed by atoms with van der Waals surface area (Å²) in [7, 11) is 0. The number of nitrogen functional groups attached to an aromatic ring is 1. The first-order chi connectivity index (χ1) is 11.4. The van der Waals surface area contributed by atoms with Crippen molar-refractivity contribution >= 4 is 17.3 Å². The van der Waals surface area contributed by atoms with Gasteiger partial charge in [-0.3, -0.25) is 10.1 Å². The van der Waals surface area contributed by atoms with Crippen LogP contribution in [0.1, 0.15) is 43.0 Å². The van der Waals surface area contributed by atoms with Gasteiger partial charge in [0.1, 0.15) is 18.1 Å². The molecule has 0 heterocycles. The average molecular weight is 340 g/mol. The van der Waals surface area contributed by atoms with Crippen molar-refractivity contribution in [2.24, 2.45) is 5.92 Å². The molecule has 0 unspecified atom stereocenters. The quantitative estimate of drug-likeness (QED) is 0.280. The van der Waals surface area contributed by atoms with E-state index in [2.05, 4.69) is 6.92 Å². The van der Waals surface area contributed by atoms with Gasteiger partial charge in [0, 0.05) is 0 Å². The summed E-state index contributed by atoms with van der Waals surface area (Å²) in [5.41, 5.74) is 4.13. The largest absolute Gasteiger partial charge is 0.460 e. The third kappa shape index (κ3) is 4.41. The van der Waals surface area contributed by atoms with E-state index < -0.39 is 28.1 Å². The van der Waals surface area contributed by atoms with E-state index in [0.717, 1.165) is 25.3 Å². The number of hydrogen-bond acceptors (Lipinski definition) is 6. The maximum absolute atomic E-state index is 13.4. The number of benzene rings is 1. The third-order valence-corrected chi connectivity index (χ3v) is 4.22. The first kappa shape index (κ1) is 18.1. The maximum Gasteiger partial charge on any atom is 0.340 e. The number of hydrogen-bond donors (Lipinski definition) is 1. The van der Waals surface area contributed by atoms with Crippen molar-refractivity contribution in [1.29, 1.82) is 0 Å². The Kier molecular flexibility index (Phi) is 6.08. The maximum atomic E-state index is 13.4. The summed E-state index contributed by atoms with van der Waals surface area (Å²) in [5, 5.41) is 10.8. The van der Waals surface area contributed by atoms with E-state index in [9.17, 15) is 19.3 Å². The Morgan fingerprint density at radius 3 is 2.75 bits per heavy atom. The van der Waals surface area contributed by atoms with E-state index in [1.807, 2.05) is 0 Å². The number of nitro benzene ring substituents is 1. The van der Waals surface area contributed by atoms with Crippen LogP contribution in [0.15, 0.2) is 12.1 Å². The molecule has 1 saturated carbocycles. The molecule has 0 aliphatic heterocycles. The summed E-state index contributed by atoms with van der Waals surface area (Å²) in [4.78, 5) is 21.9. The fourth-order valence-electron chi connectivity index (χ4n) is 2.87. The minimum absolute atomic E-state index is 0.0220. The number of halogens is 1. The molecule has 0 amide bonds. The second kappa shape index (κ2) is 8.05. The van der Waals surface area contributed by atoms with Crippen LogP contribution in [0.4, 0.5) is 15.8 Å². The van der Waals surface area contributed by atoms with Gasteiger partial charge in [0.2, 0.25) is 0 Å². The van der Waals surface area contributed by atoms with Crippen LogP contribution < -0.4 is 5.73 Å². The molecular formula is C16H21FN2O5. The highest BCUT2D eigenvalue weighted by Gasteiger charge is 2.24. The Morgan fingerprint density at radius 1 is 1.38 bits per heavy atom. The van der Waals surface area contributed by atoms with Crippen molar-refractivity contribution in [3.63, 3.8) is 0 Å². The lowest BCUT2D eigenvalue weighted by atomic mass is 9.88. The minimum atomic E-state index is -0.921. The van der Waals surface area contributed by atoms with Crippen LogP contribution >= 0.6 is 0 Å². The summed E-state index contributed by atoms with van der Waals surface area (Å²) in [6.07, 6.45) is 4.58. The molecule has 0 saturated heterocycles. The molecule has 1 aliphatic carbocycles. The van der Waals surface area contributed by atoms with Gasteiger partial charge in [0.15, 0.2) is 0 Å². The molecule has 0 spiro atoms. The van der Waals surface area contributed by atoms with Gasteiger partial charge >= 0.3 is 5.97 Å². The zero-order valence-electron chi connectivity index (χ0n) is 13.5. The highest BCUT2D eigenvalue weighted by atomic mass is 19.1. The Hall–Kier alpha value is -2.22. The number of carbonyl (C=O) groups is 1. The van der Waals surface area contributed by atoms with E-state index >= 15 is 0 Å². The molecule has 2 atom stereocenters. The van der Waals surface area contributed by atoms with Crippen LogP contribution in [0.3, 0.4) is 0 Å². The Bertz CT molecular complexity index is 623. The lowest BCUT2D eigenvalue weighted by Crippen LogP contribution is -2.27. The molecule has 1 aliphatic rings. The second-order valence-electron chi connectivity index (χ2n) is 5.95. The van der Waals surface area contributed by atoms with E-state index in [-0.39, 0.29) is 24.9 Å². The van der Waals surface area contributed by atoms with Crippen LogP contribution in [-0.4, -0.2) is 30.2 Å². The Balaban J connectivity index is 1.90. The number of nitrogens with zero attached hydrogens (tertiary/aromatic N) is 1. The number of rotatable bonds is 6. The second-order valence-corrected chi connectivity index (χ2v) is 5.95. The third-order valence-electron chi connectivity index (χ3n) is 4.22. The molecule has 8 heteroatoms. The van der Waals surface area contributed by atoms with Crippen LogP contribution in [0.5, 0.6) is 0 Å². The van der Waals surface area contributed by atoms with Crippen molar-refractivity contribution in [1.82, 2.24) is 0 Å². The van der Waals surface area contributed by atoms with Crippen LogP contribution in [-0.2, 0) is 9.47 Å². The summed E-state index contributed by atoms with van der Waals surface area (Å²) in [6.45, 7) is 2.33. The highest BCUT2D eigenvalue weighted by Crippen LogP contribution is 2.28. The molecule has 1 fully saturated rings. The topological polar surface area (TPSA) is 105 Å². The highest BCUT2D eigenvalue weighted by molar-refractivity contribution is 5.97. The van der Waals surface area contributed by atoms with Crippen molar-refractivity contribution in [3.8, 4) is 0 Å². The van der Waals surface area contributed by atoms with Gasteiger partial charge < -0.3 is 15.2 Å². The lowest BCUT2D eigenvalue weighted by molar-refractivity contribution is -0.384. The Morgan fingerprint density at radius 2 is 2.08 bits per heavy atom. The zero-order valence-corrected chi connectivity index (χ0v) is 13.5. The predicted molar refractivity (Wildman–Crippen MR) is 85.1 cm³/mol. The smallest absolute Gasteiger partial charge is 0.340 e. The van der Waals surface area contributed by atoms with Gasteiger partial charge in [0.25, 0.3) is 5.69 Å². The zero-order chi connectivity index (χ0) is 17.7. The molecule has 7 nitrogen and oxygen atoms in total. The lowest BCUT2D eigenvalue weighted by Gasteiger charge is -2.28. The molecule has 2 N–H and O–H groups in total. The predicted octanol–water partition coefficient (Wildman–Crippen LogP) is 3.07. The van der Waals surface area contributed by atoms with Gasteiger partial charge in [-0.1, -0.05) is 19.8 Å². The van der Waals surface area contributed by atoms with Crippen molar-refractivity contribution in [2.75, 3.05) is 18.9 Å². The molecule has 24 heavy (non-hydrogen) atoms. The number of nitrogens with two attached hydrogens (primary N) is 1. The molecule has 0 aromatic heterocycles. The number of anilines is 1. The summed E-state index contributed by atoms with van der Waals surface area (Å²) < 4.78 is 24.1. The summed E-state index contributed by atoms with van der Waals surface area (Å²) >= 11 is 0. The van der Waals surface area contributed by atoms with Crippen molar-refractivity contribution < 1.29 is 23.6 Å². The molecular weight excluding hydrogens is 319 g/mol. The molecule has 1 aromatic carbocycles. The normalized spacial score (nSPS) is 20.6. The number of ether oxygens (including phenoxy) is 2. The number of nitro groups is 1. The van der Waals surface area contributed by atoms with Crippen LogP contribution in [0, 0.1) is 21.8 Å². The van der Waals surface area contributed by atoms with Gasteiger partial charge in [0.05, 0.1) is 29.3 Å². The number of carbonyl (C=O) groups excluding carboxylic acids is 1. The first-order valence-electron chi connectivity index (χ1n) is 7.92. The van der Waals surface area contributed by atoms with Gasteiger partial charge in [-0.25, -0.2) is 9.18 Å². The van der Waals surface area contributed by atoms with Gasteiger partial charge in [-0.2, -0.15) is 0 Å². The average Bonchev–Trinajstić information content (AvgIpc) is 2.54. The standard InChI is InChI=1S/C16H21FN2O5/c1-10-4-2-3-5-14(10)23-6-7-24-16(20)12-8-11(17)9-13(15(12)18)19(21)22/h8-10,14H,2-7,18H2,1H3/t10-,14+/m1/s1. The fraction of sp³-hybridized carbons (Fsp3) is 0.562. The summed E-state index contributed by atoms with van der Waals surface area (Å²) in [6, 6.07) is 1.49. The minimum Gasteiger partial charge on any atom is -0.460 e. The van der Waals surface area contributed by atoms with Crippen LogP contribution in [0.2, 0.25) is 0 Å². The molecule has 1 aromatic rings. The molecule has 0 bridgehead atoms.